The molecule has 0 spiro atoms. The highest BCUT2D eigenvalue weighted by atomic mass is 32.1. The predicted octanol–water partition coefficient (Wildman–Crippen LogP) is 6.73. The molecule has 162 valence electrons. The van der Waals surface area contributed by atoms with Crippen molar-refractivity contribution in [3.05, 3.63) is 65.6 Å². The molecule has 1 aliphatic rings. The molecule has 0 amide bonds. The number of nitrogens with one attached hydrogen (secondary N) is 1. The first-order chi connectivity index (χ1) is 14.3. The molecule has 0 unspecified atom stereocenters. The lowest BCUT2D eigenvalue weighted by atomic mass is 10.1. The number of hydrogen-bond donors (Lipinski definition) is 1. The van der Waals surface area contributed by atoms with Crippen LogP contribution in [0.3, 0.4) is 0 Å². The van der Waals surface area contributed by atoms with E-state index in [0.29, 0.717) is 4.77 Å². The summed E-state index contributed by atoms with van der Waals surface area (Å²) in [7, 11) is 0. The number of ether oxygens (including phenoxy) is 1. The SMILES string of the molecule is C.CC.S=c1[nH]cc(-c2ccccc2)n1-c1ccc(OCCN2CCCCC2)cc1. The van der Waals surface area contributed by atoms with Crippen LogP contribution >= 0.6 is 12.2 Å². The number of H-pyrrole nitrogens is 1. The molecule has 0 radical (unpaired) electrons. The van der Waals surface area contributed by atoms with Crippen LogP contribution in [-0.2, 0) is 0 Å². The van der Waals surface area contributed by atoms with Crippen LogP contribution in [0.1, 0.15) is 40.5 Å². The highest BCUT2D eigenvalue weighted by Crippen LogP contribution is 2.24. The van der Waals surface area contributed by atoms with Gasteiger partial charge in [-0.25, -0.2) is 0 Å². The van der Waals surface area contributed by atoms with Crippen LogP contribution in [0, 0.1) is 4.77 Å². The molecule has 0 bridgehead atoms. The van der Waals surface area contributed by atoms with E-state index in [9.17, 15) is 0 Å². The van der Waals surface area contributed by atoms with E-state index in [2.05, 4.69) is 38.7 Å². The Balaban J connectivity index is 0.00000104. The van der Waals surface area contributed by atoms with E-state index >= 15 is 0 Å². The van der Waals surface area contributed by atoms with E-state index in [1.165, 1.54) is 32.4 Å². The van der Waals surface area contributed by atoms with Gasteiger partial charge in [-0.2, -0.15) is 0 Å². The standard InChI is InChI=1S/C22H25N3OS.C2H6.CH4/c27-22-23-17-21(18-7-3-1-4-8-18)25(22)19-9-11-20(12-10-19)26-16-15-24-13-5-2-6-14-24;1-2;/h1,3-4,7-12,17H,2,5-6,13-16H2,(H,23,27);1-2H3;1H4. The summed E-state index contributed by atoms with van der Waals surface area (Å²) in [6.45, 7) is 8.15. The average Bonchev–Trinajstić information content (AvgIpc) is 3.18. The largest absolute Gasteiger partial charge is 0.492 e. The zero-order valence-corrected chi connectivity index (χ0v) is 18.3. The van der Waals surface area contributed by atoms with Gasteiger partial charge in [-0.3, -0.25) is 9.47 Å². The molecule has 2 aromatic carbocycles. The molecule has 0 atom stereocenters. The second-order valence-electron chi connectivity index (χ2n) is 6.93. The van der Waals surface area contributed by atoms with Gasteiger partial charge in [-0.1, -0.05) is 58.0 Å². The number of piperidine rings is 1. The average molecular weight is 426 g/mol. The van der Waals surface area contributed by atoms with Crippen LogP contribution in [0.2, 0.25) is 0 Å². The number of aromatic nitrogens is 2. The molecule has 1 fully saturated rings. The fraction of sp³-hybridized carbons (Fsp3) is 0.400. The highest BCUT2D eigenvalue weighted by molar-refractivity contribution is 7.71. The number of nitrogens with zero attached hydrogens (tertiary/aromatic N) is 2. The van der Waals surface area contributed by atoms with Crippen LogP contribution < -0.4 is 4.74 Å². The van der Waals surface area contributed by atoms with E-state index in [0.717, 1.165) is 35.8 Å². The van der Waals surface area contributed by atoms with Crippen LogP contribution in [-0.4, -0.2) is 40.7 Å². The Bertz CT molecular complexity index is 910. The van der Waals surface area contributed by atoms with Crippen molar-refractivity contribution in [2.24, 2.45) is 0 Å². The molecule has 30 heavy (non-hydrogen) atoms. The minimum Gasteiger partial charge on any atom is -0.492 e. The number of aromatic amines is 1. The maximum absolute atomic E-state index is 5.94. The Morgan fingerprint density at radius 3 is 2.27 bits per heavy atom. The normalized spacial score (nSPS) is 13.7. The van der Waals surface area contributed by atoms with Gasteiger partial charge >= 0.3 is 0 Å². The lowest BCUT2D eigenvalue weighted by Crippen LogP contribution is -2.33. The molecule has 1 aliphatic heterocycles. The van der Waals surface area contributed by atoms with Crippen molar-refractivity contribution in [1.82, 2.24) is 14.5 Å². The Hall–Kier alpha value is -2.37. The van der Waals surface area contributed by atoms with E-state index in [4.69, 9.17) is 17.0 Å². The molecular formula is C25H35N3OS. The van der Waals surface area contributed by atoms with Crippen molar-refractivity contribution in [3.8, 4) is 22.7 Å². The van der Waals surface area contributed by atoms with Gasteiger partial charge < -0.3 is 9.72 Å². The Labute approximate surface area is 186 Å². The summed E-state index contributed by atoms with van der Waals surface area (Å²) in [4.78, 5) is 5.65. The third-order valence-electron chi connectivity index (χ3n) is 5.07. The fourth-order valence-electron chi connectivity index (χ4n) is 3.61. The van der Waals surface area contributed by atoms with Crippen LogP contribution in [0.5, 0.6) is 5.75 Å². The summed E-state index contributed by atoms with van der Waals surface area (Å²) < 4.78 is 8.69. The minimum absolute atomic E-state index is 0. The molecular weight excluding hydrogens is 390 g/mol. The molecule has 0 saturated carbocycles. The summed E-state index contributed by atoms with van der Waals surface area (Å²) in [5.41, 5.74) is 3.22. The topological polar surface area (TPSA) is 33.2 Å². The number of rotatable bonds is 6. The number of likely N-dealkylation sites (tertiary alicyclic amines) is 1. The van der Waals surface area contributed by atoms with Crippen molar-refractivity contribution in [2.45, 2.75) is 40.5 Å². The molecule has 5 heteroatoms. The predicted molar refractivity (Wildman–Crippen MR) is 130 cm³/mol. The van der Waals surface area contributed by atoms with E-state index < -0.39 is 0 Å². The zero-order valence-electron chi connectivity index (χ0n) is 17.4. The van der Waals surface area contributed by atoms with Gasteiger partial charge in [0.05, 0.1) is 5.69 Å². The number of imidazole rings is 1. The second kappa shape index (κ2) is 12.4. The van der Waals surface area contributed by atoms with Gasteiger partial charge in [0.15, 0.2) is 4.77 Å². The maximum atomic E-state index is 5.94. The Morgan fingerprint density at radius 1 is 0.933 bits per heavy atom. The van der Waals surface area contributed by atoms with Gasteiger partial charge in [0.1, 0.15) is 12.4 Å². The molecule has 4 rings (SSSR count). The fourth-order valence-corrected chi connectivity index (χ4v) is 3.88. The first-order valence-electron chi connectivity index (χ1n) is 10.6. The Morgan fingerprint density at radius 2 is 1.60 bits per heavy atom. The van der Waals surface area contributed by atoms with Gasteiger partial charge in [0, 0.05) is 24.0 Å². The smallest absolute Gasteiger partial charge is 0.182 e. The minimum atomic E-state index is 0. The molecule has 1 aromatic heterocycles. The summed E-state index contributed by atoms with van der Waals surface area (Å²) in [6.07, 6.45) is 5.96. The number of hydrogen-bond acceptors (Lipinski definition) is 3. The molecule has 4 nitrogen and oxygen atoms in total. The van der Waals surface area contributed by atoms with Crippen molar-refractivity contribution >= 4 is 12.2 Å². The molecule has 3 aromatic rings. The Kier molecular flexibility index (Phi) is 9.84. The third-order valence-corrected chi connectivity index (χ3v) is 5.37. The summed E-state index contributed by atoms with van der Waals surface area (Å²) in [5, 5.41) is 0. The van der Waals surface area contributed by atoms with Gasteiger partial charge in [0.25, 0.3) is 0 Å². The zero-order chi connectivity index (χ0) is 20.5. The van der Waals surface area contributed by atoms with Gasteiger partial charge in [0.2, 0.25) is 0 Å². The molecule has 0 aliphatic carbocycles. The van der Waals surface area contributed by atoms with Gasteiger partial charge in [-0.15, -0.1) is 0 Å². The van der Waals surface area contributed by atoms with E-state index in [-0.39, 0.29) is 7.43 Å². The lowest BCUT2D eigenvalue weighted by molar-refractivity contribution is 0.183. The van der Waals surface area contributed by atoms with Crippen LogP contribution in [0.25, 0.3) is 16.9 Å². The van der Waals surface area contributed by atoms with Crippen molar-refractivity contribution in [3.63, 3.8) is 0 Å². The van der Waals surface area contributed by atoms with Crippen LogP contribution in [0.4, 0.5) is 0 Å². The van der Waals surface area contributed by atoms with Crippen molar-refractivity contribution < 1.29 is 4.74 Å². The van der Waals surface area contributed by atoms with Crippen LogP contribution in [0.15, 0.2) is 60.8 Å². The van der Waals surface area contributed by atoms with Gasteiger partial charge in [-0.05, 0) is 62.4 Å². The summed E-state index contributed by atoms with van der Waals surface area (Å²) in [6, 6.07) is 18.4. The van der Waals surface area contributed by atoms with E-state index in [1.807, 2.05) is 50.4 Å². The highest BCUT2D eigenvalue weighted by Gasteiger charge is 2.10. The summed E-state index contributed by atoms with van der Waals surface area (Å²) >= 11 is 5.50. The molecule has 1 N–H and O–H groups in total. The first-order valence-corrected chi connectivity index (χ1v) is 11.0. The van der Waals surface area contributed by atoms with E-state index in [1.54, 1.807) is 0 Å². The lowest BCUT2D eigenvalue weighted by Gasteiger charge is -2.26. The maximum Gasteiger partial charge on any atom is 0.182 e. The number of benzene rings is 2. The quantitative estimate of drug-likeness (QED) is 0.445. The third kappa shape index (κ3) is 6.07. The van der Waals surface area contributed by atoms with Crippen molar-refractivity contribution in [1.29, 1.82) is 0 Å². The molecule has 2 heterocycles. The second-order valence-corrected chi connectivity index (χ2v) is 7.31. The van der Waals surface area contributed by atoms with Crippen molar-refractivity contribution in [2.75, 3.05) is 26.2 Å². The first kappa shape index (κ1) is 23.9. The summed E-state index contributed by atoms with van der Waals surface area (Å²) in [5.74, 6) is 0.902. The monoisotopic (exact) mass is 425 g/mol. The molecule has 1 saturated heterocycles.